The van der Waals surface area contributed by atoms with Crippen molar-refractivity contribution in [3.05, 3.63) is 0 Å². The molecule has 0 spiro atoms. The molecule has 1 heterocycles. The van der Waals surface area contributed by atoms with Crippen LogP contribution in [-0.4, -0.2) is 37.0 Å². The van der Waals surface area contributed by atoms with E-state index in [0.717, 1.165) is 31.8 Å². The molecule has 2 rings (SSSR count). The summed E-state index contributed by atoms with van der Waals surface area (Å²) in [6, 6.07) is 0.524. The van der Waals surface area contributed by atoms with Crippen LogP contribution in [-0.2, 0) is 4.79 Å². The topological polar surface area (TPSA) is 32.3 Å². The summed E-state index contributed by atoms with van der Waals surface area (Å²) < 4.78 is 0. The lowest BCUT2D eigenvalue weighted by molar-refractivity contribution is -0.132. The van der Waals surface area contributed by atoms with Gasteiger partial charge < -0.3 is 10.2 Å². The molecule has 1 unspecified atom stereocenters. The summed E-state index contributed by atoms with van der Waals surface area (Å²) in [6.07, 6.45) is 10.8. The van der Waals surface area contributed by atoms with Crippen LogP contribution < -0.4 is 5.32 Å². The van der Waals surface area contributed by atoms with Gasteiger partial charge >= 0.3 is 0 Å². The Labute approximate surface area is 111 Å². The predicted molar refractivity (Wildman–Crippen MR) is 74.5 cm³/mol. The van der Waals surface area contributed by atoms with E-state index in [2.05, 4.69) is 5.32 Å². The smallest absolute Gasteiger partial charge is 0.222 e. The summed E-state index contributed by atoms with van der Waals surface area (Å²) in [5, 5.41) is 3.43. The van der Waals surface area contributed by atoms with Crippen molar-refractivity contribution in [1.29, 1.82) is 0 Å². The van der Waals surface area contributed by atoms with Gasteiger partial charge in [0.15, 0.2) is 0 Å². The molecule has 0 radical (unpaired) electrons. The number of piperidine rings is 1. The van der Waals surface area contributed by atoms with Crippen LogP contribution in [0.3, 0.4) is 0 Å². The molecule has 1 atom stereocenters. The van der Waals surface area contributed by atoms with Gasteiger partial charge in [-0.15, -0.1) is 0 Å². The Morgan fingerprint density at radius 1 is 1.17 bits per heavy atom. The molecule has 0 aromatic heterocycles. The molecule has 2 aliphatic rings. The molecular formula is C15H28N2O. The standard InChI is InChI=1S/C15H28N2O/c1-17(14-7-3-2-4-8-14)15(18)10-9-13-6-5-11-16-12-13/h13-14,16H,2-12H2,1H3. The van der Waals surface area contributed by atoms with Gasteiger partial charge in [0.25, 0.3) is 0 Å². The molecule has 0 aromatic carbocycles. The summed E-state index contributed by atoms with van der Waals surface area (Å²) in [5.41, 5.74) is 0. The fourth-order valence-electron chi connectivity index (χ4n) is 3.35. The predicted octanol–water partition coefficient (Wildman–Crippen LogP) is 2.56. The Bertz CT molecular complexity index is 255. The maximum atomic E-state index is 12.2. The van der Waals surface area contributed by atoms with Crippen LogP contribution in [0.5, 0.6) is 0 Å². The SMILES string of the molecule is CN(C(=O)CCC1CCCNC1)C1CCCCC1. The third-order valence-corrected chi connectivity index (χ3v) is 4.68. The molecule has 1 saturated heterocycles. The largest absolute Gasteiger partial charge is 0.343 e. The van der Waals surface area contributed by atoms with Crippen molar-refractivity contribution >= 4 is 5.91 Å². The van der Waals surface area contributed by atoms with E-state index in [4.69, 9.17) is 0 Å². The molecule has 2 fully saturated rings. The third-order valence-electron chi connectivity index (χ3n) is 4.68. The summed E-state index contributed by atoms with van der Waals surface area (Å²) in [7, 11) is 2.01. The summed E-state index contributed by atoms with van der Waals surface area (Å²) in [5.74, 6) is 1.09. The maximum Gasteiger partial charge on any atom is 0.222 e. The van der Waals surface area contributed by atoms with E-state index in [9.17, 15) is 4.79 Å². The highest BCUT2D eigenvalue weighted by Crippen LogP contribution is 2.23. The average molecular weight is 252 g/mol. The minimum absolute atomic E-state index is 0.368. The third kappa shape index (κ3) is 3.98. The maximum absolute atomic E-state index is 12.2. The summed E-state index contributed by atoms with van der Waals surface area (Å²) >= 11 is 0. The van der Waals surface area contributed by atoms with Crippen molar-refractivity contribution in [1.82, 2.24) is 10.2 Å². The molecule has 0 aromatic rings. The van der Waals surface area contributed by atoms with E-state index in [1.54, 1.807) is 0 Å². The van der Waals surface area contributed by atoms with Crippen LogP contribution in [0, 0.1) is 5.92 Å². The fourth-order valence-corrected chi connectivity index (χ4v) is 3.35. The molecular weight excluding hydrogens is 224 g/mol. The van der Waals surface area contributed by atoms with Crippen molar-refractivity contribution in [3.63, 3.8) is 0 Å². The molecule has 1 amide bonds. The lowest BCUT2D eigenvalue weighted by Gasteiger charge is -2.32. The number of hydrogen-bond donors (Lipinski definition) is 1. The normalized spacial score (nSPS) is 25.9. The summed E-state index contributed by atoms with van der Waals surface area (Å²) in [4.78, 5) is 14.2. The van der Waals surface area contributed by atoms with Crippen LogP contribution in [0.2, 0.25) is 0 Å². The Kier molecular flexibility index (Phi) is 5.48. The minimum Gasteiger partial charge on any atom is -0.343 e. The number of amides is 1. The van der Waals surface area contributed by atoms with E-state index in [1.165, 1.54) is 44.9 Å². The first kappa shape index (κ1) is 13.9. The number of nitrogens with one attached hydrogen (secondary N) is 1. The molecule has 18 heavy (non-hydrogen) atoms. The first-order valence-electron chi connectivity index (χ1n) is 7.74. The molecule has 1 aliphatic heterocycles. The molecule has 0 bridgehead atoms. The van der Waals surface area contributed by atoms with Gasteiger partial charge in [-0.3, -0.25) is 4.79 Å². The van der Waals surface area contributed by atoms with E-state index >= 15 is 0 Å². The zero-order valence-electron chi connectivity index (χ0n) is 11.8. The van der Waals surface area contributed by atoms with Gasteiger partial charge in [-0.2, -0.15) is 0 Å². The molecule has 104 valence electrons. The first-order valence-corrected chi connectivity index (χ1v) is 7.74. The Morgan fingerprint density at radius 3 is 2.61 bits per heavy atom. The second kappa shape index (κ2) is 7.13. The Hall–Kier alpha value is -0.570. The van der Waals surface area contributed by atoms with Gasteiger partial charge in [0, 0.05) is 19.5 Å². The van der Waals surface area contributed by atoms with Crippen LogP contribution in [0.1, 0.15) is 57.8 Å². The van der Waals surface area contributed by atoms with E-state index in [1.807, 2.05) is 11.9 Å². The molecule has 1 N–H and O–H groups in total. The second-order valence-electron chi connectivity index (χ2n) is 6.05. The van der Waals surface area contributed by atoms with Crippen molar-refractivity contribution < 1.29 is 4.79 Å². The number of rotatable bonds is 4. The molecule has 1 saturated carbocycles. The van der Waals surface area contributed by atoms with Gasteiger partial charge in [-0.1, -0.05) is 19.3 Å². The van der Waals surface area contributed by atoms with Gasteiger partial charge in [0.1, 0.15) is 0 Å². The highest BCUT2D eigenvalue weighted by molar-refractivity contribution is 5.76. The van der Waals surface area contributed by atoms with Gasteiger partial charge in [-0.05, 0) is 51.1 Å². The lowest BCUT2D eigenvalue weighted by Crippen LogP contribution is -2.38. The van der Waals surface area contributed by atoms with Crippen LogP contribution >= 0.6 is 0 Å². The van der Waals surface area contributed by atoms with E-state index in [0.29, 0.717) is 11.9 Å². The zero-order chi connectivity index (χ0) is 12.8. The zero-order valence-corrected chi connectivity index (χ0v) is 11.8. The van der Waals surface area contributed by atoms with E-state index < -0.39 is 0 Å². The van der Waals surface area contributed by atoms with Crippen LogP contribution in [0.15, 0.2) is 0 Å². The van der Waals surface area contributed by atoms with Crippen molar-refractivity contribution in [2.75, 3.05) is 20.1 Å². The number of carbonyl (C=O) groups excluding carboxylic acids is 1. The van der Waals surface area contributed by atoms with Crippen molar-refractivity contribution in [2.24, 2.45) is 5.92 Å². The van der Waals surface area contributed by atoms with Crippen LogP contribution in [0.4, 0.5) is 0 Å². The molecule has 3 heteroatoms. The average Bonchev–Trinajstić information content (AvgIpc) is 2.46. The lowest BCUT2D eigenvalue weighted by atomic mass is 9.92. The number of carbonyl (C=O) groups is 1. The summed E-state index contributed by atoms with van der Waals surface area (Å²) in [6.45, 7) is 2.27. The first-order chi connectivity index (χ1) is 8.77. The van der Waals surface area contributed by atoms with Gasteiger partial charge in [0.2, 0.25) is 5.91 Å². The molecule has 1 aliphatic carbocycles. The van der Waals surface area contributed by atoms with Crippen molar-refractivity contribution in [3.8, 4) is 0 Å². The number of nitrogens with zero attached hydrogens (tertiary/aromatic N) is 1. The van der Waals surface area contributed by atoms with Crippen LogP contribution in [0.25, 0.3) is 0 Å². The minimum atomic E-state index is 0.368. The van der Waals surface area contributed by atoms with Gasteiger partial charge in [-0.25, -0.2) is 0 Å². The molecule has 3 nitrogen and oxygen atoms in total. The fraction of sp³-hybridized carbons (Fsp3) is 0.933. The second-order valence-corrected chi connectivity index (χ2v) is 6.05. The Morgan fingerprint density at radius 2 is 1.94 bits per heavy atom. The monoisotopic (exact) mass is 252 g/mol. The highest BCUT2D eigenvalue weighted by atomic mass is 16.2. The quantitative estimate of drug-likeness (QED) is 0.834. The van der Waals surface area contributed by atoms with E-state index in [-0.39, 0.29) is 0 Å². The highest BCUT2D eigenvalue weighted by Gasteiger charge is 2.22. The number of hydrogen-bond acceptors (Lipinski definition) is 2. The van der Waals surface area contributed by atoms with Crippen molar-refractivity contribution in [2.45, 2.75) is 63.8 Å². The Balaban J connectivity index is 1.69. The van der Waals surface area contributed by atoms with Gasteiger partial charge in [0.05, 0.1) is 0 Å².